The molecule has 0 aliphatic carbocycles. The van der Waals surface area contributed by atoms with E-state index in [0.29, 0.717) is 0 Å². The lowest BCUT2D eigenvalue weighted by Gasteiger charge is -1.91. The van der Waals surface area contributed by atoms with Crippen molar-refractivity contribution in [3.05, 3.63) is 25.3 Å². The zero-order chi connectivity index (χ0) is 10.9. The monoisotopic (exact) mass is 258 g/mol. The van der Waals surface area contributed by atoms with Gasteiger partial charge in [0.05, 0.1) is 0 Å². The Balaban J connectivity index is 2.28. The molecule has 0 bridgehead atoms. The second kappa shape index (κ2) is 7.96. The van der Waals surface area contributed by atoms with Gasteiger partial charge in [0.2, 0.25) is 0 Å². The number of hydrogen-bond acceptors (Lipinski definition) is 5. The van der Waals surface area contributed by atoms with Crippen LogP contribution in [-0.4, -0.2) is 21.7 Å². The van der Waals surface area contributed by atoms with Gasteiger partial charge in [-0.15, -0.1) is 23.4 Å². The second-order valence-corrected chi connectivity index (χ2v) is 6.35. The summed E-state index contributed by atoms with van der Waals surface area (Å²) in [5.74, 6) is 2.07. The van der Waals surface area contributed by atoms with Gasteiger partial charge in [0.15, 0.2) is 8.68 Å². The van der Waals surface area contributed by atoms with Crippen molar-refractivity contribution in [1.29, 1.82) is 0 Å². The zero-order valence-electron chi connectivity index (χ0n) is 8.52. The molecule has 0 aliphatic heterocycles. The zero-order valence-corrected chi connectivity index (χ0v) is 11.0. The fraction of sp³-hybridized carbons (Fsp3) is 0.400. The Hall–Kier alpha value is -0.260. The topological polar surface area (TPSA) is 25.8 Å². The summed E-state index contributed by atoms with van der Waals surface area (Å²) in [4.78, 5) is 0. The van der Waals surface area contributed by atoms with E-state index in [1.165, 1.54) is 0 Å². The van der Waals surface area contributed by atoms with Crippen LogP contribution < -0.4 is 0 Å². The van der Waals surface area contributed by atoms with Gasteiger partial charge >= 0.3 is 0 Å². The van der Waals surface area contributed by atoms with Crippen LogP contribution in [0.1, 0.15) is 12.8 Å². The van der Waals surface area contributed by atoms with Gasteiger partial charge in [0, 0.05) is 11.5 Å². The minimum atomic E-state index is 1.02. The lowest BCUT2D eigenvalue weighted by atomic mass is 10.5. The fourth-order valence-electron chi connectivity index (χ4n) is 0.773. The molecule has 0 aliphatic rings. The maximum atomic E-state index is 4.12. The molecule has 0 unspecified atom stereocenters. The molecule has 0 atom stereocenters. The maximum Gasteiger partial charge on any atom is 0.175 e. The highest BCUT2D eigenvalue weighted by Crippen LogP contribution is 2.29. The molecule has 0 saturated carbocycles. The van der Waals surface area contributed by atoms with Crippen LogP contribution in [0.15, 0.2) is 34.0 Å². The molecule has 82 valence electrons. The molecule has 1 aromatic heterocycles. The average molecular weight is 258 g/mol. The van der Waals surface area contributed by atoms with Gasteiger partial charge in [-0.05, 0) is 12.8 Å². The summed E-state index contributed by atoms with van der Waals surface area (Å²) in [6.07, 6.45) is 5.88. The van der Waals surface area contributed by atoms with E-state index in [1.54, 1.807) is 34.9 Å². The Morgan fingerprint density at radius 3 is 1.87 bits per heavy atom. The Kier molecular flexibility index (Phi) is 6.80. The van der Waals surface area contributed by atoms with Crippen LogP contribution in [0.5, 0.6) is 0 Å². The fourth-order valence-corrected chi connectivity index (χ4v) is 3.80. The van der Waals surface area contributed by atoms with E-state index in [1.807, 2.05) is 12.2 Å². The number of hydrogen-bond donors (Lipinski definition) is 0. The van der Waals surface area contributed by atoms with Crippen molar-refractivity contribution in [3.8, 4) is 0 Å². The predicted octanol–water partition coefficient (Wildman–Crippen LogP) is 3.87. The summed E-state index contributed by atoms with van der Waals surface area (Å²) in [6, 6.07) is 0. The van der Waals surface area contributed by atoms with E-state index in [2.05, 4.69) is 23.4 Å². The molecule has 0 aromatic carbocycles. The van der Waals surface area contributed by atoms with Crippen molar-refractivity contribution >= 4 is 34.9 Å². The predicted molar refractivity (Wildman–Crippen MR) is 71.0 cm³/mol. The SMILES string of the molecule is C=CCCSc1nnc(SCCC=C)s1. The molecule has 0 spiro atoms. The molecule has 1 heterocycles. The van der Waals surface area contributed by atoms with Crippen molar-refractivity contribution in [2.24, 2.45) is 0 Å². The highest BCUT2D eigenvalue weighted by Gasteiger charge is 2.03. The minimum Gasteiger partial charge on any atom is -0.131 e. The van der Waals surface area contributed by atoms with Gasteiger partial charge in [-0.2, -0.15) is 0 Å². The largest absolute Gasteiger partial charge is 0.175 e. The number of allylic oxidation sites excluding steroid dienone is 2. The number of nitrogens with zero attached hydrogens (tertiary/aromatic N) is 2. The summed E-state index contributed by atoms with van der Waals surface area (Å²) in [7, 11) is 0. The molecule has 0 N–H and O–H groups in total. The summed E-state index contributed by atoms with van der Waals surface area (Å²) >= 11 is 5.16. The molecule has 0 fully saturated rings. The lowest BCUT2D eigenvalue weighted by molar-refractivity contribution is 0.953. The van der Waals surface area contributed by atoms with Crippen molar-refractivity contribution in [1.82, 2.24) is 10.2 Å². The van der Waals surface area contributed by atoms with Crippen LogP contribution in [0.25, 0.3) is 0 Å². The van der Waals surface area contributed by atoms with Gasteiger partial charge in [-0.1, -0.05) is 47.0 Å². The van der Waals surface area contributed by atoms with Gasteiger partial charge in [0.25, 0.3) is 0 Å². The van der Waals surface area contributed by atoms with Crippen LogP contribution in [0.3, 0.4) is 0 Å². The molecule has 1 aromatic rings. The quantitative estimate of drug-likeness (QED) is 0.401. The van der Waals surface area contributed by atoms with E-state index < -0.39 is 0 Å². The Morgan fingerprint density at radius 2 is 1.47 bits per heavy atom. The highest BCUT2D eigenvalue weighted by atomic mass is 32.2. The summed E-state index contributed by atoms with van der Waals surface area (Å²) in [5, 5.41) is 8.23. The molecule has 1 rings (SSSR count). The molecule has 5 heteroatoms. The standard InChI is InChI=1S/C10H14N2S3/c1-3-5-7-13-9-11-12-10(15-9)14-8-6-4-2/h3-4H,1-2,5-8H2. The minimum absolute atomic E-state index is 1.02. The maximum absolute atomic E-state index is 4.12. The summed E-state index contributed by atoms with van der Waals surface area (Å²) < 4.78 is 2.11. The van der Waals surface area contributed by atoms with E-state index >= 15 is 0 Å². The van der Waals surface area contributed by atoms with Gasteiger partial charge in [-0.3, -0.25) is 0 Å². The third-order valence-electron chi connectivity index (χ3n) is 1.48. The Morgan fingerprint density at radius 1 is 1.00 bits per heavy atom. The average Bonchev–Trinajstić information content (AvgIpc) is 2.67. The van der Waals surface area contributed by atoms with Crippen LogP contribution in [0.2, 0.25) is 0 Å². The number of aromatic nitrogens is 2. The summed E-state index contributed by atoms with van der Waals surface area (Å²) in [5.41, 5.74) is 0. The van der Waals surface area contributed by atoms with E-state index in [9.17, 15) is 0 Å². The van der Waals surface area contributed by atoms with Crippen molar-refractivity contribution in [3.63, 3.8) is 0 Å². The van der Waals surface area contributed by atoms with Crippen molar-refractivity contribution in [2.75, 3.05) is 11.5 Å². The number of rotatable bonds is 8. The second-order valence-electron chi connectivity index (χ2n) is 2.69. The van der Waals surface area contributed by atoms with E-state index in [4.69, 9.17) is 0 Å². The molecule has 0 amide bonds. The highest BCUT2D eigenvalue weighted by molar-refractivity contribution is 8.03. The van der Waals surface area contributed by atoms with E-state index in [-0.39, 0.29) is 0 Å². The molecule has 15 heavy (non-hydrogen) atoms. The first kappa shape index (κ1) is 12.8. The smallest absolute Gasteiger partial charge is 0.131 e. The molecular formula is C10H14N2S3. The van der Waals surface area contributed by atoms with Gasteiger partial charge < -0.3 is 0 Å². The Labute approximate surface area is 103 Å². The first-order valence-electron chi connectivity index (χ1n) is 4.67. The van der Waals surface area contributed by atoms with Crippen LogP contribution in [0, 0.1) is 0 Å². The molecule has 0 radical (unpaired) electrons. The van der Waals surface area contributed by atoms with Crippen LogP contribution in [0.4, 0.5) is 0 Å². The summed E-state index contributed by atoms with van der Waals surface area (Å²) in [6.45, 7) is 7.38. The van der Waals surface area contributed by atoms with Crippen LogP contribution in [-0.2, 0) is 0 Å². The van der Waals surface area contributed by atoms with Gasteiger partial charge in [0.1, 0.15) is 0 Å². The molecule has 2 nitrogen and oxygen atoms in total. The normalized spacial score (nSPS) is 10.1. The van der Waals surface area contributed by atoms with E-state index in [0.717, 1.165) is 33.0 Å². The molecule has 0 saturated heterocycles. The van der Waals surface area contributed by atoms with Crippen molar-refractivity contribution < 1.29 is 0 Å². The molecular weight excluding hydrogens is 244 g/mol. The first-order chi connectivity index (χ1) is 7.36. The third kappa shape index (κ3) is 5.39. The lowest BCUT2D eigenvalue weighted by Crippen LogP contribution is -1.76. The third-order valence-corrected chi connectivity index (χ3v) is 4.74. The van der Waals surface area contributed by atoms with Crippen molar-refractivity contribution in [2.45, 2.75) is 21.5 Å². The van der Waals surface area contributed by atoms with Crippen LogP contribution >= 0.6 is 34.9 Å². The first-order valence-corrected chi connectivity index (χ1v) is 7.46. The number of thioether (sulfide) groups is 2. The Bertz CT molecular complexity index is 281. The van der Waals surface area contributed by atoms with Gasteiger partial charge in [-0.25, -0.2) is 0 Å².